The van der Waals surface area contributed by atoms with Crippen molar-refractivity contribution in [1.82, 2.24) is 9.80 Å². The first-order valence-electron chi connectivity index (χ1n) is 14.8. The number of nitrogens with zero attached hydrogens (tertiary/aromatic N) is 4. The molecule has 2 unspecified atom stereocenters. The highest BCUT2D eigenvalue weighted by molar-refractivity contribution is 5.76. The summed E-state index contributed by atoms with van der Waals surface area (Å²) in [6.07, 6.45) is -3.00. The van der Waals surface area contributed by atoms with Crippen LogP contribution in [0.15, 0.2) is 42.5 Å². The third-order valence-electron chi connectivity index (χ3n) is 8.94. The molecule has 2 aromatic carbocycles. The van der Waals surface area contributed by atoms with E-state index in [1.807, 2.05) is 0 Å². The van der Waals surface area contributed by atoms with Gasteiger partial charge in [-0.05, 0) is 66.5 Å². The minimum Gasteiger partial charge on any atom is -0.380 e. The fraction of sp³-hybridized carbons (Fsp3) is 0.594. The second-order valence-electron chi connectivity index (χ2n) is 13.0. The van der Waals surface area contributed by atoms with E-state index in [-0.39, 0.29) is 30.5 Å². The zero-order valence-electron chi connectivity index (χ0n) is 24.5. The van der Waals surface area contributed by atoms with Gasteiger partial charge < -0.3 is 20.0 Å². The SMILES string of the molecule is C.CC(C)(C)c1ccc(N2CC3CN(CCCC(=O)N4CC[C@H](Nc5ccc([N+](=O)[O-])c(C(F)(F)F)c5)C4)CC3C2)cc1. The second-order valence-corrected chi connectivity index (χ2v) is 13.0. The fourth-order valence-electron chi connectivity index (χ4n) is 6.62. The van der Waals surface area contributed by atoms with Gasteiger partial charge >= 0.3 is 6.18 Å². The van der Waals surface area contributed by atoms with E-state index < -0.39 is 22.4 Å². The van der Waals surface area contributed by atoms with Crippen LogP contribution in [0.5, 0.6) is 0 Å². The molecule has 43 heavy (non-hydrogen) atoms. The van der Waals surface area contributed by atoms with Gasteiger partial charge in [0, 0.05) is 69.2 Å². The van der Waals surface area contributed by atoms with Gasteiger partial charge in [0.1, 0.15) is 5.56 Å². The summed E-state index contributed by atoms with van der Waals surface area (Å²) in [5.74, 6) is 1.35. The number of nitro groups is 1. The predicted octanol–water partition coefficient (Wildman–Crippen LogP) is 6.41. The molecule has 3 fully saturated rings. The number of benzene rings is 2. The van der Waals surface area contributed by atoms with Crippen molar-refractivity contribution in [2.24, 2.45) is 11.8 Å². The maximum atomic E-state index is 13.3. The summed E-state index contributed by atoms with van der Waals surface area (Å²) >= 11 is 0. The lowest BCUT2D eigenvalue weighted by atomic mass is 9.87. The Bertz CT molecular complexity index is 1280. The first kappa shape index (κ1) is 32.6. The van der Waals surface area contributed by atoms with Crippen molar-refractivity contribution in [3.63, 3.8) is 0 Å². The molecule has 1 amide bonds. The Morgan fingerprint density at radius 2 is 1.65 bits per heavy atom. The van der Waals surface area contributed by atoms with Crippen LogP contribution in [0.2, 0.25) is 0 Å². The number of carbonyl (C=O) groups is 1. The molecule has 8 nitrogen and oxygen atoms in total. The van der Waals surface area contributed by atoms with Crippen LogP contribution in [0.4, 0.5) is 30.2 Å². The number of anilines is 2. The first-order chi connectivity index (χ1) is 19.8. The monoisotopic (exact) mass is 603 g/mol. The molecular weight excluding hydrogens is 559 g/mol. The Labute approximate surface area is 252 Å². The minimum absolute atomic E-state index is 0. The van der Waals surface area contributed by atoms with Gasteiger partial charge in [-0.15, -0.1) is 0 Å². The number of rotatable bonds is 8. The highest BCUT2D eigenvalue weighted by Gasteiger charge is 2.40. The number of carbonyl (C=O) groups excluding carboxylic acids is 1. The van der Waals surface area contributed by atoms with Gasteiger partial charge in [-0.1, -0.05) is 40.3 Å². The number of halogens is 3. The lowest BCUT2D eigenvalue weighted by Gasteiger charge is -2.25. The molecular formula is C32H44F3N5O3. The molecule has 0 radical (unpaired) electrons. The molecule has 0 bridgehead atoms. The highest BCUT2D eigenvalue weighted by atomic mass is 19.4. The number of likely N-dealkylation sites (tertiary alicyclic amines) is 2. The van der Waals surface area contributed by atoms with Gasteiger partial charge in [0.2, 0.25) is 5.91 Å². The zero-order valence-corrected chi connectivity index (χ0v) is 24.5. The molecule has 1 N–H and O–H groups in total. The molecule has 0 saturated carbocycles. The molecule has 2 aromatic rings. The van der Waals surface area contributed by atoms with Crippen LogP contribution in [0.3, 0.4) is 0 Å². The molecule has 5 rings (SSSR count). The van der Waals surface area contributed by atoms with Crippen LogP contribution < -0.4 is 10.2 Å². The molecule has 0 aliphatic carbocycles. The Morgan fingerprint density at radius 3 is 2.23 bits per heavy atom. The van der Waals surface area contributed by atoms with Crippen molar-refractivity contribution in [2.75, 3.05) is 56.0 Å². The van der Waals surface area contributed by atoms with Gasteiger partial charge in [-0.3, -0.25) is 14.9 Å². The highest BCUT2D eigenvalue weighted by Crippen LogP contribution is 2.38. The summed E-state index contributed by atoms with van der Waals surface area (Å²) in [6, 6.07) is 11.7. The Balaban J connectivity index is 0.00000423. The average molecular weight is 604 g/mol. The van der Waals surface area contributed by atoms with Crippen molar-refractivity contribution in [2.45, 2.75) is 65.1 Å². The molecule has 236 valence electrons. The molecule has 11 heteroatoms. The Hall–Kier alpha value is -3.34. The number of alkyl halides is 3. The summed E-state index contributed by atoms with van der Waals surface area (Å²) < 4.78 is 39.9. The fourth-order valence-corrected chi connectivity index (χ4v) is 6.62. The Morgan fingerprint density at radius 1 is 1.00 bits per heavy atom. The smallest absolute Gasteiger partial charge is 0.380 e. The quantitative estimate of drug-likeness (QED) is 0.278. The van der Waals surface area contributed by atoms with Crippen LogP contribution in [0.1, 0.15) is 58.6 Å². The van der Waals surface area contributed by atoms with Crippen molar-refractivity contribution in [1.29, 1.82) is 0 Å². The summed E-state index contributed by atoms with van der Waals surface area (Å²) in [4.78, 5) is 29.6. The average Bonchev–Trinajstić information content (AvgIpc) is 3.63. The van der Waals surface area contributed by atoms with Crippen molar-refractivity contribution < 1.29 is 22.9 Å². The standard InChI is InChI=1S/C31H40F3N5O3.CH4/c1-30(2,3)23-6-9-26(10-7-23)38-18-21-16-36(17-22(21)19-38)13-4-5-29(40)37-14-12-25(20-37)35-24-8-11-28(39(41)42)27(15-24)31(32,33)34;/h6-11,15,21-22,25,35H,4-5,12-14,16-20H2,1-3H3;1H4/t21?,22?,25-;/m0./s1. The number of hydrogen-bond donors (Lipinski definition) is 1. The molecule has 3 aliphatic heterocycles. The van der Waals surface area contributed by atoms with E-state index in [1.54, 1.807) is 4.90 Å². The van der Waals surface area contributed by atoms with E-state index in [1.165, 1.54) is 17.3 Å². The zero-order chi connectivity index (χ0) is 30.2. The molecule has 3 heterocycles. The molecule has 3 aliphatic rings. The molecule has 3 saturated heterocycles. The summed E-state index contributed by atoms with van der Waals surface area (Å²) in [5.41, 5.74) is 0.693. The molecule has 3 atom stereocenters. The van der Waals surface area contributed by atoms with E-state index in [0.717, 1.165) is 51.3 Å². The van der Waals surface area contributed by atoms with Crippen molar-refractivity contribution >= 4 is 23.0 Å². The minimum atomic E-state index is -4.83. The van der Waals surface area contributed by atoms with Gasteiger partial charge in [-0.2, -0.15) is 13.2 Å². The molecule has 0 spiro atoms. The number of hydrogen-bond acceptors (Lipinski definition) is 6. The summed E-state index contributed by atoms with van der Waals surface area (Å²) in [6.45, 7) is 12.8. The number of nitro benzene ring substituents is 1. The number of amides is 1. The molecule has 0 aromatic heterocycles. The van der Waals surface area contributed by atoms with Crippen LogP contribution in [-0.2, 0) is 16.4 Å². The van der Waals surface area contributed by atoms with Gasteiger partial charge in [0.25, 0.3) is 5.69 Å². The number of fused-ring (bicyclic) bond motifs is 1. The van der Waals surface area contributed by atoms with Crippen LogP contribution in [0, 0.1) is 22.0 Å². The van der Waals surface area contributed by atoms with Gasteiger partial charge in [0.05, 0.1) is 4.92 Å². The van der Waals surface area contributed by atoms with Crippen LogP contribution in [0.25, 0.3) is 0 Å². The maximum Gasteiger partial charge on any atom is 0.423 e. The van der Waals surface area contributed by atoms with E-state index in [4.69, 9.17) is 0 Å². The normalized spacial score (nSPS) is 22.4. The van der Waals surface area contributed by atoms with E-state index in [2.05, 4.69) is 60.2 Å². The lowest BCUT2D eigenvalue weighted by Crippen LogP contribution is -2.33. The topological polar surface area (TPSA) is 82.0 Å². The second kappa shape index (κ2) is 12.7. The van der Waals surface area contributed by atoms with Gasteiger partial charge in [0.15, 0.2) is 0 Å². The Kier molecular flexibility index (Phi) is 9.63. The predicted molar refractivity (Wildman–Crippen MR) is 163 cm³/mol. The van der Waals surface area contributed by atoms with Crippen LogP contribution >= 0.6 is 0 Å². The third-order valence-corrected chi connectivity index (χ3v) is 8.94. The van der Waals surface area contributed by atoms with Crippen molar-refractivity contribution in [3.05, 3.63) is 63.7 Å². The first-order valence-corrected chi connectivity index (χ1v) is 14.8. The summed E-state index contributed by atoms with van der Waals surface area (Å²) in [7, 11) is 0. The third kappa shape index (κ3) is 7.60. The van der Waals surface area contributed by atoms with E-state index in [9.17, 15) is 28.1 Å². The lowest BCUT2D eigenvalue weighted by molar-refractivity contribution is -0.388. The van der Waals surface area contributed by atoms with Gasteiger partial charge in [-0.25, -0.2) is 0 Å². The largest absolute Gasteiger partial charge is 0.423 e. The summed E-state index contributed by atoms with van der Waals surface area (Å²) in [5, 5.41) is 14.0. The van der Waals surface area contributed by atoms with E-state index in [0.29, 0.717) is 37.8 Å². The van der Waals surface area contributed by atoms with Crippen LogP contribution in [-0.4, -0.2) is 72.5 Å². The van der Waals surface area contributed by atoms with E-state index >= 15 is 0 Å². The number of nitrogens with one attached hydrogen (secondary N) is 1. The maximum absolute atomic E-state index is 13.3. The van der Waals surface area contributed by atoms with Crippen molar-refractivity contribution in [3.8, 4) is 0 Å².